The molecule has 0 saturated carbocycles. The Hall–Kier alpha value is -1.66. The first-order valence-electron chi connectivity index (χ1n) is 7.44. The Labute approximate surface area is 157 Å². The van der Waals surface area contributed by atoms with Gasteiger partial charge in [0.25, 0.3) is 0 Å². The van der Waals surface area contributed by atoms with Crippen molar-refractivity contribution in [3.05, 3.63) is 6.33 Å². The molecule has 1 fully saturated rings. The van der Waals surface area contributed by atoms with Gasteiger partial charge in [0.15, 0.2) is 23.2 Å². The minimum atomic E-state index is -4.67. The molecule has 2 aromatic heterocycles. The lowest BCUT2D eigenvalue weighted by molar-refractivity contribution is -0.0372. The van der Waals surface area contributed by atoms with E-state index in [4.69, 9.17) is 33.7 Å². The zero-order chi connectivity index (χ0) is 20.2. The minimum Gasteiger partial charge on any atom is -0.387 e. The zero-order valence-electron chi connectivity index (χ0n) is 13.7. The summed E-state index contributed by atoms with van der Waals surface area (Å²) < 4.78 is 38.6. The molecule has 0 aliphatic carbocycles. The molecule has 0 bridgehead atoms. The van der Waals surface area contributed by atoms with Crippen molar-refractivity contribution in [2.75, 3.05) is 23.8 Å². The number of ether oxygens (including phenoxy) is 1. The second kappa shape index (κ2) is 9.02. The molecule has 1 saturated heterocycles. The highest BCUT2D eigenvalue weighted by Gasteiger charge is 2.44. The second-order valence-electron chi connectivity index (χ2n) is 5.32. The molecule has 1 aliphatic heterocycles. The molecule has 14 nitrogen and oxygen atoms in total. The fraction of sp³-hybridized carbons (Fsp3) is 0.636. The van der Waals surface area contributed by atoms with Gasteiger partial charge in [-0.15, -0.1) is 5.10 Å². The number of nitrogen functional groups attached to an aromatic ring is 1. The summed E-state index contributed by atoms with van der Waals surface area (Å²) in [5.41, 5.74) is 11.8. The van der Waals surface area contributed by atoms with Crippen LogP contribution >= 0.6 is 11.8 Å². The Kier molecular flexibility index (Phi) is 7.23. The minimum absolute atomic E-state index is 0.194. The number of fused-ring (bicyclic) bond motifs is 1. The first-order valence-corrected chi connectivity index (χ1v) is 9.99. The van der Waals surface area contributed by atoms with E-state index in [0.717, 1.165) is 5.75 Å². The summed E-state index contributed by atoms with van der Waals surface area (Å²) in [5, 5.41) is 28.1. The van der Waals surface area contributed by atoms with Crippen LogP contribution in [-0.4, -0.2) is 89.1 Å². The van der Waals surface area contributed by atoms with Gasteiger partial charge in [-0.1, -0.05) is 5.21 Å². The van der Waals surface area contributed by atoms with Crippen LogP contribution in [0, 0.1) is 0 Å². The van der Waals surface area contributed by atoms with Crippen LogP contribution in [0.15, 0.2) is 6.33 Å². The molecular formula is C11H19N7O7S2. The van der Waals surface area contributed by atoms with Crippen LogP contribution < -0.4 is 11.5 Å². The molecule has 3 rings (SSSR count). The van der Waals surface area contributed by atoms with E-state index in [9.17, 15) is 10.2 Å². The Morgan fingerprint density at radius 2 is 1.93 bits per heavy atom. The first-order chi connectivity index (χ1) is 12.6. The van der Waals surface area contributed by atoms with Gasteiger partial charge in [-0.2, -0.15) is 24.9 Å². The third-order valence-corrected chi connectivity index (χ3v) is 4.50. The van der Waals surface area contributed by atoms with Crippen molar-refractivity contribution in [2.45, 2.75) is 24.5 Å². The number of aliphatic hydroxyl groups is 2. The molecule has 0 amide bonds. The van der Waals surface area contributed by atoms with Crippen molar-refractivity contribution in [3.63, 3.8) is 0 Å². The SMILES string of the molecule is NCCSCC1OC(n2nnc3c(N)ncnc32)C(O)C1O.O=S(=O)(O)O. The van der Waals surface area contributed by atoms with E-state index in [1.54, 1.807) is 11.8 Å². The van der Waals surface area contributed by atoms with Crippen LogP contribution in [0.25, 0.3) is 11.2 Å². The molecule has 0 radical (unpaired) electrons. The van der Waals surface area contributed by atoms with Gasteiger partial charge < -0.3 is 26.4 Å². The standard InChI is InChI=1S/C11H17N7O3S.H2O4S/c12-1-2-22-3-5-7(19)8(20)11(21-5)18-10-6(16-17-18)9(13)14-4-15-10;1-5(2,3)4/h4-5,7-8,11,19-20H,1-3,12H2,(H2,13,14,15);(H2,1,2,3,4). The van der Waals surface area contributed by atoms with Crippen molar-refractivity contribution in [3.8, 4) is 0 Å². The largest absolute Gasteiger partial charge is 0.394 e. The lowest BCUT2D eigenvalue weighted by atomic mass is 10.1. The van der Waals surface area contributed by atoms with Crippen LogP contribution in [0.5, 0.6) is 0 Å². The molecule has 3 heterocycles. The molecule has 2 aromatic rings. The highest BCUT2D eigenvalue weighted by molar-refractivity contribution is 7.99. The Morgan fingerprint density at radius 3 is 2.56 bits per heavy atom. The van der Waals surface area contributed by atoms with E-state index >= 15 is 0 Å². The number of aromatic nitrogens is 5. The number of nitrogens with two attached hydrogens (primary N) is 2. The van der Waals surface area contributed by atoms with Crippen molar-refractivity contribution >= 4 is 39.1 Å². The van der Waals surface area contributed by atoms with Gasteiger partial charge in [0.2, 0.25) is 0 Å². The fourth-order valence-corrected chi connectivity index (χ4v) is 3.15. The van der Waals surface area contributed by atoms with Crippen molar-refractivity contribution in [1.82, 2.24) is 25.0 Å². The summed E-state index contributed by atoms with van der Waals surface area (Å²) in [4.78, 5) is 7.89. The molecule has 1 aliphatic rings. The highest BCUT2D eigenvalue weighted by Crippen LogP contribution is 2.32. The lowest BCUT2D eigenvalue weighted by Crippen LogP contribution is -2.33. The molecular weight excluding hydrogens is 406 g/mol. The number of rotatable bonds is 5. The van der Waals surface area contributed by atoms with Gasteiger partial charge in [0.1, 0.15) is 18.5 Å². The predicted octanol–water partition coefficient (Wildman–Crippen LogP) is -2.54. The van der Waals surface area contributed by atoms with Gasteiger partial charge in [-0.05, 0) is 0 Å². The summed E-state index contributed by atoms with van der Waals surface area (Å²) in [6, 6.07) is 0. The number of aliphatic hydroxyl groups excluding tert-OH is 2. The van der Waals surface area contributed by atoms with E-state index in [1.807, 2.05) is 0 Å². The summed E-state index contributed by atoms with van der Waals surface area (Å²) in [6.45, 7) is 0.545. The average molecular weight is 425 g/mol. The van der Waals surface area contributed by atoms with E-state index in [1.165, 1.54) is 11.0 Å². The fourth-order valence-electron chi connectivity index (χ4n) is 2.30. The molecule has 0 aromatic carbocycles. The summed E-state index contributed by atoms with van der Waals surface area (Å²) >= 11 is 1.55. The van der Waals surface area contributed by atoms with Crippen molar-refractivity contribution in [2.24, 2.45) is 5.73 Å². The Bertz CT molecular complexity index is 856. The molecule has 8 N–H and O–H groups in total. The van der Waals surface area contributed by atoms with Crippen molar-refractivity contribution in [1.29, 1.82) is 0 Å². The van der Waals surface area contributed by atoms with Crippen LogP contribution in [0.3, 0.4) is 0 Å². The third kappa shape index (κ3) is 5.66. The van der Waals surface area contributed by atoms with Crippen LogP contribution in [0.1, 0.15) is 6.23 Å². The number of hydrogen-bond acceptors (Lipinski definition) is 12. The van der Waals surface area contributed by atoms with Crippen LogP contribution in [-0.2, 0) is 15.1 Å². The molecule has 0 spiro atoms. The third-order valence-electron chi connectivity index (χ3n) is 3.41. The number of thioether (sulfide) groups is 1. The van der Waals surface area contributed by atoms with Gasteiger partial charge in [0.05, 0.1) is 6.10 Å². The molecule has 152 valence electrons. The molecule has 4 atom stereocenters. The maximum Gasteiger partial charge on any atom is 0.394 e. The molecule has 16 heteroatoms. The van der Waals surface area contributed by atoms with E-state index in [0.29, 0.717) is 23.5 Å². The smallest absolute Gasteiger partial charge is 0.387 e. The second-order valence-corrected chi connectivity index (χ2v) is 7.37. The molecule has 4 unspecified atom stereocenters. The Morgan fingerprint density at radius 1 is 1.26 bits per heavy atom. The monoisotopic (exact) mass is 425 g/mol. The van der Waals surface area contributed by atoms with E-state index in [-0.39, 0.29) is 5.82 Å². The Balaban J connectivity index is 0.000000465. The normalized spacial score (nSPS) is 25.4. The predicted molar refractivity (Wildman–Crippen MR) is 94.0 cm³/mol. The highest BCUT2D eigenvalue weighted by atomic mass is 32.3. The van der Waals surface area contributed by atoms with Gasteiger partial charge >= 0.3 is 10.4 Å². The number of hydrogen-bond donors (Lipinski definition) is 6. The van der Waals surface area contributed by atoms with Gasteiger partial charge in [-0.25, -0.2) is 9.97 Å². The quantitative estimate of drug-likeness (QED) is 0.214. The first kappa shape index (κ1) is 21.6. The van der Waals surface area contributed by atoms with E-state index < -0.39 is 34.9 Å². The summed E-state index contributed by atoms with van der Waals surface area (Å²) in [5.74, 6) is 1.47. The van der Waals surface area contributed by atoms with Crippen molar-refractivity contribution < 1.29 is 32.5 Å². The summed E-state index contributed by atoms with van der Waals surface area (Å²) in [7, 11) is -4.67. The van der Waals surface area contributed by atoms with Gasteiger partial charge in [-0.3, -0.25) is 9.11 Å². The van der Waals surface area contributed by atoms with E-state index in [2.05, 4.69) is 20.3 Å². The summed E-state index contributed by atoms with van der Waals surface area (Å²) in [6.07, 6.45) is -2.27. The molecule has 27 heavy (non-hydrogen) atoms. The maximum absolute atomic E-state index is 10.2. The topological polar surface area (TPSA) is 233 Å². The number of nitrogens with zero attached hydrogens (tertiary/aromatic N) is 5. The maximum atomic E-state index is 10.2. The van der Waals surface area contributed by atoms with Crippen LogP contribution in [0.4, 0.5) is 5.82 Å². The van der Waals surface area contributed by atoms with Gasteiger partial charge in [0, 0.05) is 18.1 Å². The zero-order valence-corrected chi connectivity index (χ0v) is 15.4. The van der Waals surface area contributed by atoms with Crippen LogP contribution in [0.2, 0.25) is 0 Å². The lowest BCUT2D eigenvalue weighted by Gasteiger charge is -2.14. The average Bonchev–Trinajstić information content (AvgIpc) is 3.11. The number of anilines is 1.